The standard InChI is InChI=1S/C25H27N5O.2ClH/c1-19-7-2-5-10-23(19)29-15-13-28(14-16-29)11-6-12-30-18-27-24-20-8-3-4-9-22(20)26-17-21(24)25(30)31;;/h2-5,7-10,17-18H,6,11-16H2,1H3;2*1H. The van der Waals surface area contributed by atoms with Crippen LogP contribution >= 0.6 is 24.8 Å². The van der Waals surface area contributed by atoms with E-state index < -0.39 is 0 Å². The number of aryl methyl sites for hydroxylation is 2. The van der Waals surface area contributed by atoms with Crippen LogP contribution in [-0.2, 0) is 6.54 Å². The van der Waals surface area contributed by atoms with E-state index in [0.717, 1.165) is 55.6 Å². The van der Waals surface area contributed by atoms with Crippen molar-refractivity contribution in [2.45, 2.75) is 19.9 Å². The smallest absolute Gasteiger partial charge is 0.262 e. The predicted octanol–water partition coefficient (Wildman–Crippen LogP) is 4.31. The number of rotatable bonds is 5. The van der Waals surface area contributed by atoms with Crippen LogP contribution in [0.5, 0.6) is 0 Å². The third kappa shape index (κ3) is 5.13. The number of pyridine rings is 1. The first kappa shape index (κ1) is 25.0. The maximum absolute atomic E-state index is 12.9. The van der Waals surface area contributed by atoms with Gasteiger partial charge in [0, 0.05) is 50.0 Å². The summed E-state index contributed by atoms with van der Waals surface area (Å²) in [4.78, 5) is 26.9. The van der Waals surface area contributed by atoms with Crippen molar-refractivity contribution >= 4 is 52.3 Å². The molecular formula is C25H29Cl2N5O. The normalized spacial score (nSPS) is 14.2. The molecule has 0 N–H and O–H groups in total. The van der Waals surface area contributed by atoms with E-state index in [1.54, 1.807) is 17.1 Å². The second-order valence-corrected chi connectivity index (χ2v) is 8.25. The van der Waals surface area contributed by atoms with Crippen LogP contribution in [0.15, 0.2) is 65.8 Å². The summed E-state index contributed by atoms with van der Waals surface area (Å²) < 4.78 is 1.72. The van der Waals surface area contributed by atoms with Gasteiger partial charge in [0.2, 0.25) is 0 Å². The van der Waals surface area contributed by atoms with Crippen LogP contribution in [0.4, 0.5) is 5.69 Å². The van der Waals surface area contributed by atoms with E-state index in [2.05, 4.69) is 51.0 Å². The number of aromatic nitrogens is 3. The van der Waals surface area contributed by atoms with E-state index in [9.17, 15) is 4.79 Å². The van der Waals surface area contributed by atoms with Crippen molar-refractivity contribution in [2.75, 3.05) is 37.6 Å². The Balaban J connectivity index is 0.00000153. The summed E-state index contributed by atoms with van der Waals surface area (Å²) in [6.45, 7) is 8.02. The molecule has 1 aliphatic heterocycles. The van der Waals surface area contributed by atoms with Gasteiger partial charge in [-0.15, -0.1) is 24.8 Å². The molecule has 8 heteroatoms. The molecule has 5 rings (SSSR count). The van der Waals surface area contributed by atoms with Crippen molar-refractivity contribution in [3.05, 3.63) is 77.0 Å². The molecule has 1 fully saturated rings. The minimum absolute atomic E-state index is 0. The molecule has 2 aromatic carbocycles. The molecular weight excluding hydrogens is 457 g/mol. The number of hydrogen-bond acceptors (Lipinski definition) is 5. The summed E-state index contributed by atoms with van der Waals surface area (Å²) in [6, 6.07) is 16.4. The zero-order chi connectivity index (χ0) is 21.2. The maximum atomic E-state index is 12.9. The Bertz CT molecular complexity index is 1280. The molecule has 174 valence electrons. The molecule has 0 unspecified atom stereocenters. The molecule has 0 aliphatic carbocycles. The van der Waals surface area contributed by atoms with Crippen molar-refractivity contribution in [3.8, 4) is 0 Å². The molecule has 0 amide bonds. The Morgan fingerprint density at radius 1 is 0.848 bits per heavy atom. The van der Waals surface area contributed by atoms with Gasteiger partial charge in [0.05, 0.1) is 22.7 Å². The number of anilines is 1. The lowest BCUT2D eigenvalue weighted by Crippen LogP contribution is -2.47. The summed E-state index contributed by atoms with van der Waals surface area (Å²) in [5.74, 6) is 0. The van der Waals surface area contributed by atoms with Gasteiger partial charge in [-0.3, -0.25) is 19.2 Å². The van der Waals surface area contributed by atoms with E-state index >= 15 is 0 Å². The third-order valence-corrected chi connectivity index (χ3v) is 6.27. The lowest BCUT2D eigenvalue weighted by atomic mass is 10.1. The minimum atomic E-state index is -0.00683. The first-order chi connectivity index (χ1) is 15.2. The van der Waals surface area contributed by atoms with Gasteiger partial charge >= 0.3 is 0 Å². The molecule has 0 bridgehead atoms. The average Bonchev–Trinajstić information content (AvgIpc) is 2.81. The van der Waals surface area contributed by atoms with Crippen molar-refractivity contribution in [3.63, 3.8) is 0 Å². The molecule has 1 saturated heterocycles. The molecule has 4 aromatic rings. The zero-order valence-corrected chi connectivity index (χ0v) is 20.3. The highest BCUT2D eigenvalue weighted by Crippen LogP contribution is 2.21. The summed E-state index contributed by atoms with van der Waals surface area (Å²) >= 11 is 0. The zero-order valence-electron chi connectivity index (χ0n) is 18.7. The Morgan fingerprint density at radius 3 is 2.36 bits per heavy atom. The number of nitrogens with zero attached hydrogens (tertiary/aromatic N) is 5. The molecule has 2 aromatic heterocycles. The number of halogens is 2. The number of fused-ring (bicyclic) bond motifs is 3. The van der Waals surface area contributed by atoms with Crippen LogP contribution in [0, 0.1) is 6.92 Å². The average molecular weight is 486 g/mol. The predicted molar refractivity (Wildman–Crippen MR) is 140 cm³/mol. The molecule has 0 spiro atoms. The summed E-state index contributed by atoms with van der Waals surface area (Å²) in [5, 5.41) is 1.52. The van der Waals surface area contributed by atoms with Crippen molar-refractivity contribution in [2.24, 2.45) is 0 Å². The van der Waals surface area contributed by atoms with Crippen LogP contribution in [0.3, 0.4) is 0 Å². The number of para-hydroxylation sites is 2. The summed E-state index contributed by atoms with van der Waals surface area (Å²) in [7, 11) is 0. The van der Waals surface area contributed by atoms with Gasteiger partial charge in [0.15, 0.2) is 0 Å². The Hall–Kier alpha value is -2.67. The highest BCUT2D eigenvalue weighted by molar-refractivity contribution is 6.02. The van der Waals surface area contributed by atoms with Crippen LogP contribution < -0.4 is 10.5 Å². The summed E-state index contributed by atoms with van der Waals surface area (Å²) in [6.07, 6.45) is 4.28. The van der Waals surface area contributed by atoms with Crippen molar-refractivity contribution < 1.29 is 0 Å². The van der Waals surface area contributed by atoms with Gasteiger partial charge in [-0.25, -0.2) is 4.98 Å². The lowest BCUT2D eigenvalue weighted by Gasteiger charge is -2.36. The Morgan fingerprint density at radius 2 is 1.58 bits per heavy atom. The van der Waals surface area contributed by atoms with E-state index in [1.165, 1.54) is 11.3 Å². The van der Waals surface area contributed by atoms with Crippen LogP contribution in [0.1, 0.15) is 12.0 Å². The fourth-order valence-electron chi connectivity index (χ4n) is 4.51. The molecule has 0 atom stereocenters. The van der Waals surface area contributed by atoms with Gasteiger partial charge in [-0.05, 0) is 37.6 Å². The molecule has 0 radical (unpaired) electrons. The topological polar surface area (TPSA) is 54.3 Å². The number of piperazine rings is 1. The fraction of sp³-hybridized carbons (Fsp3) is 0.320. The summed E-state index contributed by atoms with van der Waals surface area (Å²) in [5.41, 5.74) is 4.27. The van der Waals surface area contributed by atoms with Gasteiger partial charge in [-0.2, -0.15) is 0 Å². The quantitative estimate of drug-likeness (QED) is 0.394. The monoisotopic (exact) mass is 485 g/mol. The minimum Gasteiger partial charge on any atom is -0.369 e. The van der Waals surface area contributed by atoms with E-state index in [4.69, 9.17) is 0 Å². The van der Waals surface area contributed by atoms with Crippen molar-refractivity contribution in [1.29, 1.82) is 0 Å². The Labute approximate surface area is 206 Å². The third-order valence-electron chi connectivity index (χ3n) is 6.27. The highest BCUT2D eigenvalue weighted by Gasteiger charge is 2.18. The van der Waals surface area contributed by atoms with Crippen LogP contribution in [0.2, 0.25) is 0 Å². The lowest BCUT2D eigenvalue weighted by molar-refractivity contribution is 0.250. The molecule has 0 saturated carbocycles. The largest absolute Gasteiger partial charge is 0.369 e. The number of benzene rings is 2. The highest BCUT2D eigenvalue weighted by atomic mass is 35.5. The fourth-order valence-corrected chi connectivity index (χ4v) is 4.51. The molecule has 1 aliphatic rings. The van der Waals surface area contributed by atoms with E-state index in [1.807, 2.05) is 24.3 Å². The van der Waals surface area contributed by atoms with E-state index in [0.29, 0.717) is 11.9 Å². The second kappa shape index (κ2) is 11.0. The van der Waals surface area contributed by atoms with Crippen LogP contribution in [0.25, 0.3) is 21.8 Å². The van der Waals surface area contributed by atoms with Gasteiger partial charge in [0.1, 0.15) is 0 Å². The second-order valence-electron chi connectivity index (χ2n) is 8.25. The Kier molecular flexibility index (Phi) is 8.30. The van der Waals surface area contributed by atoms with E-state index in [-0.39, 0.29) is 30.4 Å². The maximum Gasteiger partial charge on any atom is 0.262 e. The SMILES string of the molecule is Cc1ccccc1N1CCN(CCCn2cnc3c(cnc4ccccc43)c2=O)CC1.Cl.Cl. The van der Waals surface area contributed by atoms with Gasteiger partial charge in [0.25, 0.3) is 5.56 Å². The molecule has 33 heavy (non-hydrogen) atoms. The van der Waals surface area contributed by atoms with Gasteiger partial charge in [-0.1, -0.05) is 36.4 Å². The molecule has 6 nitrogen and oxygen atoms in total. The van der Waals surface area contributed by atoms with Crippen molar-refractivity contribution in [1.82, 2.24) is 19.4 Å². The van der Waals surface area contributed by atoms with Crippen LogP contribution in [-0.4, -0.2) is 52.2 Å². The number of hydrogen-bond donors (Lipinski definition) is 0. The first-order valence-electron chi connectivity index (χ1n) is 11.0. The molecule has 3 heterocycles. The van der Waals surface area contributed by atoms with Gasteiger partial charge < -0.3 is 4.90 Å². The first-order valence-corrected chi connectivity index (χ1v) is 11.0.